The van der Waals surface area contributed by atoms with Crippen LogP contribution in [0.25, 0.3) is 0 Å². The summed E-state index contributed by atoms with van der Waals surface area (Å²) < 4.78 is 0. The third-order valence-corrected chi connectivity index (χ3v) is 0. The Labute approximate surface area is 45.6 Å². The molecule has 0 heterocycles. The van der Waals surface area contributed by atoms with Crippen molar-refractivity contribution in [2.45, 2.75) is 0 Å². The molecular weight excluding hydrogens is 88.3 g/mol. The van der Waals surface area contributed by atoms with Crippen molar-refractivity contribution < 1.29 is 21.9 Å². The van der Waals surface area contributed by atoms with E-state index in [1.807, 2.05) is 0 Å². The van der Waals surface area contributed by atoms with Gasteiger partial charge in [0.2, 0.25) is 0 Å². The SMILES string of the molecule is O.O.O.O.[Mg]. The summed E-state index contributed by atoms with van der Waals surface area (Å²) in [5.74, 6) is 0. The second-order valence-corrected chi connectivity index (χ2v) is 0. The van der Waals surface area contributed by atoms with Gasteiger partial charge in [-0.3, -0.25) is 0 Å². The predicted molar refractivity (Wildman–Crippen MR) is 20.2 cm³/mol. The smallest absolute Gasteiger partial charge is 0 e. The van der Waals surface area contributed by atoms with Crippen molar-refractivity contribution >= 4 is 23.1 Å². The summed E-state index contributed by atoms with van der Waals surface area (Å²) in [6, 6.07) is 0. The van der Waals surface area contributed by atoms with Crippen LogP contribution in [0.4, 0.5) is 0 Å². The van der Waals surface area contributed by atoms with Crippen molar-refractivity contribution in [1.82, 2.24) is 0 Å². The molecule has 0 fully saturated rings. The topological polar surface area (TPSA) is 126 Å². The molecule has 5 heteroatoms. The maximum atomic E-state index is 0. The quantitative estimate of drug-likeness (QED) is 0.275. The van der Waals surface area contributed by atoms with Crippen molar-refractivity contribution in [3.8, 4) is 0 Å². The third kappa shape index (κ3) is 85.1. The minimum Gasteiger partial charge on any atom is -0.412 e. The summed E-state index contributed by atoms with van der Waals surface area (Å²) in [5, 5.41) is 0. The fourth-order valence-corrected chi connectivity index (χ4v) is 0. The zero-order chi connectivity index (χ0) is 0. The molecule has 0 spiro atoms. The van der Waals surface area contributed by atoms with Gasteiger partial charge in [-0.25, -0.2) is 0 Å². The summed E-state index contributed by atoms with van der Waals surface area (Å²) in [7, 11) is 0. The van der Waals surface area contributed by atoms with Gasteiger partial charge in [-0.05, 0) is 0 Å². The molecule has 0 aromatic rings. The first-order valence-electron chi connectivity index (χ1n) is 0. The highest BCUT2D eigenvalue weighted by Crippen LogP contribution is -0.286. The second-order valence-electron chi connectivity index (χ2n) is 0. The third-order valence-electron chi connectivity index (χ3n) is 0. The van der Waals surface area contributed by atoms with E-state index in [0.29, 0.717) is 0 Å². The summed E-state index contributed by atoms with van der Waals surface area (Å²) >= 11 is 0. The number of hydrogen-bond acceptors (Lipinski definition) is 0. The van der Waals surface area contributed by atoms with Gasteiger partial charge in [0.15, 0.2) is 0 Å². The Morgan fingerprint density at radius 2 is 0.400 bits per heavy atom. The van der Waals surface area contributed by atoms with Crippen LogP contribution in [0, 0.1) is 0 Å². The Kier molecular flexibility index (Phi) is 10600. The van der Waals surface area contributed by atoms with Gasteiger partial charge in [0.05, 0.1) is 0 Å². The molecule has 4 nitrogen and oxygen atoms in total. The maximum absolute atomic E-state index is 0. The lowest BCUT2D eigenvalue weighted by atomic mass is 16.0. The van der Waals surface area contributed by atoms with Gasteiger partial charge in [0.25, 0.3) is 0 Å². The fourth-order valence-electron chi connectivity index (χ4n) is 0. The zero-order valence-corrected chi connectivity index (χ0v) is 4.12. The van der Waals surface area contributed by atoms with Crippen LogP contribution in [0.3, 0.4) is 0 Å². The van der Waals surface area contributed by atoms with Crippen molar-refractivity contribution in [2.75, 3.05) is 0 Å². The molecule has 34 valence electrons. The van der Waals surface area contributed by atoms with Crippen LogP contribution in [0.2, 0.25) is 0 Å². The normalized spacial score (nSPS) is 0. The summed E-state index contributed by atoms with van der Waals surface area (Å²) in [5.41, 5.74) is 0. The Hall–Kier alpha value is 0.606. The summed E-state index contributed by atoms with van der Waals surface area (Å²) in [6.45, 7) is 0. The van der Waals surface area contributed by atoms with E-state index >= 15 is 0 Å². The van der Waals surface area contributed by atoms with Crippen LogP contribution >= 0.6 is 0 Å². The Morgan fingerprint density at radius 3 is 0.400 bits per heavy atom. The minimum atomic E-state index is 0. The molecule has 0 aromatic heterocycles. The summed E-state index contributed by atoms with van der Waals surface area (Å²) in [4.78, 5) is 0. The molecule has 0 atom stereocenters. The van der Waals surface area contributed by atoms with Gasteiger partial charge in [0, 0.05) is 23.1 Å². The monoisotopic (exact) mass is 96.0 g/mol. The molecule has 2 radical (unpaired) electrons. The minimum absolute atomic E-state index is 0. The van der Waals surface area contributed by atoms with Gasteiger partial charge in [-0.2, -0.15) is 0 Å². The Morgan fingerprint density at radius 1 is 0.400 bits per heavy atom. The standard InChI is InChI=1S/Mg.4H2O/h;4*1H2. The van der Waals surface area contributed by atoms with Crippen LogP contribution in [-0.2, 0) is 0 Å². The van der Waals surface area contributed by atoms with Gasteiger partial charge in [-0.1, -0.05) is 0 Å². The van der Waals surface area contributed by atoms with Crippen molar-refractivity contribution in [1.29, 1.82) is 0 Å². The maximum Gasteiger partial charge on any atom is 0 e. The molecule has 0 aliphatic heterocycles. The van der Waals surface area contributed by atoms with Crippen molar-refractivity contribution in [2.24, 2.45) is 0 Å². The largest absolute Gasteiger partial charge is 0.412 e. The lowest BCUT2D eigenvalue weighted by Gasteiger charge is -0.413. The van der Waals surface area contributed by atoms with Crippen molar-refractivity contribution in [3.05, 3.63) is 0 Å². The van der Waals surface area contributed by atoms with E-state index in [2.05, 4.69) is 0 Å². The molecule has 5 heavy (non-hydrogen) atoms. The van der Waals surface area contributed by atoms with Gasteiger partial charge in [0.1, 0.15) is 0 Å². The van der Waals surface area contributed by atoms with E-state index in [1.54, 1.807) is 0 Å². The van der Waals surface area contributed by atoms with E-state index in [1.165, 1.54) is 0 Å². The average molecular weight is 96.4 g/mol. The second kappa shape index (κ2) is 163. The van der Waals surface area contributed by atoms with E-state index in [0.717, 1.165) is 0 Å². The molecule has 0 bridgehead atoms. The molecule has 0 aliphatic carbocycles. The van der Waals surface area contributed by atoms with E-state index in [4.69, 9.17) is 0 Å². The highest BCUT2D eigenvalue weighted by molar-refractivity contribution is 5.75. The zero-order valence-electron chi connectivity index (χ0n) is 2.71. The highest BCUT2D eigenvalue weighted by atomic mass is 24.3. The predicted octanol–water partition coefficient (Wildman–Crippen LogP) is -3.68. The van der Waals surface area contributed by atoms with Crippen LogP contribution in [0.1, 0.15) is 0 Å². The molecule has 0 aliphatic rings. The molecular formula is H8MgO4. The first-order valence-corrected chi connectivity index (χ1v) is 0. The molecule has 0 amide bonds. The molecule has 0 unspecified atom stereocenters. The first-order chi connectivity index (χ1) is 0. The highest BCUT2D eigenvalue weighted by Gasteiger charge is 0.00000979. The summed E-state index contributed by atoms with van der Waals surface area (Å²) in [6.07, 6.45) is 0. The Bertz CT molecular complexity index is 3.61. The van der Waals surface area contributed by atoms with Gasteiger partial charge >= 0.3 is 0 Å². The van der Waals surface area contributed by atoms with Crippen molar-refractivity contribution in [3.63, 3.8) is 0 Å². The fraction of sp³-hybridized carbons (Fsp3) is 0. The lowest BCUT2D eigenvalue weighted by molar-refractivity contribution is 0.823. The van der Waals surface area contributed by atoms with E-state index in [9.17, 15) is 0 Å². The lowest BCUT2D eigenvalue weighted by Crippen LogP contribution is -0.381. The molecule has 0 saturated heterocycles. The average Bonchev–Trinajstić information content (AvgIpc) is 0. The number of hydrogen-bond donors (Lipinski definition) is 0. The van der Waals surface area contributed by atoms with Crippen LogP contribution in [0.5, 0.6) is 0 Å². The van der Waals surface area contributed by atoms with E-state index in [-0.39, 0.29) is 45.0 Å². The number of rotatable bonds is 0. The molecule has 0 saturated carbocycles. The van der Waals surface area contributed by atoms with Crippen LogP contribution in [0.15, 0.2) is 0 Å². The Balaban J connectivity index is 0. The van der Waals surface area contributed by atoms with E-state index < -0.39 is 0 Å². The van der Waals surface area contributed by atoms with Crippen LogP contribution < -0.4 is 0 Å². The van der Waals surface area contributed by atoms with Gasteiger partial charge < -0.3 is 21.9 Å². The van der Waals surface area contributed by atoms with Gasteiger partial charge in [-0.15, -0.1) is 0 Å². The molecule has 0 rings (SSSR count). The first kappa shape index (κ1) is 324. The van der Waals surface area contributed by atoms with Crippen LogP contribution in [-0.4, -0.2) is 45.0 Å². The molecule has 0 aromatic carbocycles. The molecule has 8 N–H and O–H groups in total.